The Morgan fingerprint density at radius 2 is 1.73 bits per heavy atom. The zero-order valence-corrected chi connectivity index (χ0v) is 10.9. The molecule has 1 aliphatic carbocycles. The van der Waals surface area contributed by atoms with Crippen molar-refractivity contribution in [2.45, 2.75) is 71.5 Å². The lowest BCUT2D eigenvalue weighted by molar-refractivity contribution is 0.171. The minimum Gasteiger partial charge on any atom is -0.314 e. The molecule has 1 N–H and O–H groups in total. The minimum atomic E-state index is 0.675. The molecular weight excluding hydrogens is 184 g/mol. The molecular formula is C13H28N2. The van der Waals surface area contributed by atoms with Crippen molar-refractivity contribution in [1.82, 2.24) is 10.2 Å². The molecule has 1 saturated carbocycles. The third-order valence-corrected chi connectivity index (χ3v) is 3.46. The van der Waals surface area contributed by atoms with Gasteiger partial charge in [-0.05, 0) is 60.0 Å². The van der Waals surface area contributed by atoms with Gasteiger partial charge in [0.25, 0.3) is 0 Å². The number of rotatable bonds is 7. The second kappa shape index (κ2) is 6.49. The monoisotopic (exact) mass is 212 g/mol. The van der Waals surface area contributed by atoms with Crippen molar-refractivity contribution < 1.29 is 0 Å². The molecule has 0 atom stereocenters. The van der Waals surface area contributed by atoms with Crippen molar-refractivity contribution in [2.24, 2.45) is 0 Å². The lowest BCUT2D eigenvalue weighted by Crippen LogP contribution is -2.40. The van der Waals surface area contributed by atoms with Crippen LogP contribution in [0.5, 0.6) is 0 Å². The van der Waals surface area contributed by atoms with Crippen molar-refractivity contribution in [3.63, 3.8) is 0 Å². The summed E-state index contributed by atoms with van der Waals surface area (Å²) >= 11 is 0. The molecule has 1 rings (SSSR count). The predicted octanol–water partition coefficient (Wildman–Crippen LogP) is 2.64. The van der Waals surface area contributed by atoms with Gasteiger partial charge in [-0.15, -0.1) is 0 Å². The molecule has 0 aromatic rings. The third-order valence-electron chi connectivity index (χ3n) is 3.46. The van der Waals surface area contributed by atoms with Gasteiger partial charge < -0.3 is 5.32 Å². The summed E-state index contributed by atoms with van der Waals surface area (Å²) < 4.78 is 0. The highest BCUT2D eigenvalue weighted by Crippen LogP contribution is 2.17. The van der Waals surface area contributed by atoms with Gasteiger partial charge in [-0.3, -0.25) is 4.90 Å². The summed E-state index contributed by atoms with van der Waals surface area (Å²) in [6.45, 7) is 11.6. The summed E-state index contributed by atoms with van der Waals surface area (Å²) in [5.41, 5.74) is 0. The summed E-state index contributed by atoms with van der Waals surface area (Å²) in [7, 11) is 0. The maximum atomic E-state index is 3.63. The molecule has 0 saturated heterocycles. The van der Waals surface area contributed by atoms with Crippen molar-refractivity contribution in [3.05, 3.63) is 0 Å². The Kier molecular flexibility index (Phi) is 5.62. The average molecular weight is 212 g/mol. The average Bonchev–Trinajstić information content (AvgIpc) is 2.06. The molecule has 2 nitrogen and oxygen atoms in total. The Morgan fingerprint density at radius 1 is 1.13 bits per heavy atom. The van der Waals surface area contributed by atoms with Gasteiger partial charge in [0.2, 0.25) is 0 Å². The lowest BCUT2D eigenvalue weighted by atomic mass is 9.93. The van der Waals surface area contributed by atoms with Crippen LogP contribution in [-0.4, -0.2) is 36.1 Å². The molecule has 0 aromatic heterocycles. The molecule has 0 radical (unpaired) electrons. The number of hydrogen-bond donors (Lipinski definition) is 1. The van der Waals surface area contributed by atoms with Crippen LogP contribution in [0.2, 0.25) is 0 Å². The van der Waals surface area contributed by atoms with E-state index < -0.39 is 0 Å². The van der Waals surface area contributed by atoms with E-state index in [-0.39, 0.29) is 0 Å². The molecule has 90 valence electrons. The quantitative estimate of drug-likeness (QED) is 0.653. The fraction of sp³-hybridized carbons (Fsp3) is 1.00. The molecule has 0 aliphatic heterocycles. The maximum Gasteiger partial charge on any atom is 0.00670 e. The van der Waals surface area contributed by atoms with Gasteiger partial charge in [-0.1, -0.05) is 6.42 Å². The Labute approximate surface area is 95.4 Å². The van der Waals surface area contributed by atoms with E-state index in [2.05, 4.69) is 37.9 Å². The van der Waals surface area contributed by atoms with Gasteiger partial charge in [0.05, 0.1) is 0 Å². The number of nitrogens with one attached hydrogen (secondary N) is 1. The first-order valence-corrected chi connectivity index (χ1v) is 6.60. The van der Waals surface area contributed by atoms with E-state index in [9.17, 15) is 0 Å². The highest BCUT2D eigenvalue weighted by molar-refractivity contribution is 4.76. The van der Waals surface area contributed by atoms with Crippen LogP contribution in [0.25, 0.3) is 0 Å². The lowest BCUT2D eigenvalue weighted by Gasteiger charge is -2.31. The summed E-state index contributed by atoms with van der Waals surface area (Å²) in [6.07, 6.45) is 5.52. The van der Waals surface area contributed by atoms with E-state index in [0.29, 0.717) is 12.1 Å². The van der Waals surface area contributed by atoms with Gasteiger partial charge in [0.1, 0.15) is 0 Å². The molecule has 0 amide bonds. The van der Waals surface area contributed by atoms with Gasteiger partial charge in [-0.25, -0.2) is 0 Å². The normalized spacial score (nSPS) is 17.8. The second-order valence-corrected chi connectivity index (χ2v) is 5.36. The Bertz CT molecular complexity index is 154. The largest absolute Gasteiger partial charge is 0.314 e. The Hall–Kier alpha value is -0.0800. The highest BCUT2D eigenvalue weighted by Gasteiger charge is 2.16. The predicted molar refractivity (Wildman–Crippen MR) is 67.2 cm³/mol. The van der Waals surface area contributed by atoms with Crippen molar-refractivity contribution >= 4 is 0 Å². The Balaban J connectivity index is 2.05. The summed E-state index contributed by atoms with van der Waals surface area (Å²) in [5.74, 6) is 0. The van der Waals surface area contributed by atoms with Crippen molar-refractivity contribution in [2.75, 3.05) is 13.1 Å². The van der Waals surface area contributed by atoms with E-state index in [1.807, 2.05) is 0 Å². The number of nitrogens with zero attached hydrogens (tertiary/aromatic N) is 1. The molecule has 1 aliphatic rings. The van der Waals surface area contributed by atoms with Crippen LogP contribution in [-0.2, 0) is 0 Å². The molecule has 0 heterocycles. The molecule has 0 unspecified atom stereocenters. The first-order chi connectivity index (χ1) is 7.11. The van der Waals surface area contributed by atoms with Crippen molar-refractivity contribution in [3.8, 4) is 0 Å². The Morgan fingerprint density at radius 3 is 2.13 bits per heavy atom. The van der Waals surface area contributed by atoms with Gasteiger partial charge in [0, 0.05) is 18.1 Å². The van der Waals surface area contributed by atoms with E-state index >= 15 is 0 Å². The van der Waals surface area contributed by atoms with Gasteiger partial charge in [-0.2, -0.15) is 0 Å². The van der Waals surface area contributed by atoms with Crippen LogP contribution in [0.3, 0.4) is 0 Å². The first-order valence-electron chi connectivity index (χ1n) is 6.60. The SMILES string of the molecule is CC(C)N(CCCNC1CCC1)C(C)C. The van der Waals surface area contributed by atoms with Gasteiger partial charge in [0.15, 0.2) is 0 Å². The maximum absolute atomic E-state index is 3.63. The zero-order valence-electron chi connectivity index (χ0n) is 10.9. The van der Waals surface area contributed by atoms with Crippen LogP contribution in [0.1, 0.15) is 53.4 Å². The van der Waals surface area contributed by atoms with E-state index in [1.165, 1.54) is 38.8 Å². The summed E-state index contributed by atoms with van der Waals surface area (Å²) in [4.78, 5) is 2.57. The van der Waals surface area contributed by atoms with Crippen molar-refractivity contribution in [1.29, 1.82) is 0 Å². The summed E-state index contributed by atoms with van der Waals surface area (Å²) in [6, 6.07) is 2.19. The zero-order chi connectivity index (χ0) is 11.3. The fourth-order valence-electron chi connectivity index (χ4n) is 2.29. The van der Waals surface area contributed by atoms with Gasteiger partial charge >= 0.3 is 0 Å². The van der Waals surface area contributed by atoms with E-state index in [4.69, 9.17) is 0 Å². The topological polar surface area (TPSA) is 15.3 Å². The molecule has 2 heteroatoms. The minimum absolute atomic E-state index is 0.675. The van der Waals surface area contributed by atoms with E-state index in [1.54, 1.807) is 0 Å². The number of hydrogen-bond acceptors (Lipinski definition) is 2. The van der Waals surface area contributed by atoms with Crippen LogP contribution in [0, 0.1) is 0 Å². The highest BCUT2D eigenvalue weighted by atomic mass is 15.2. The van der Waals surface area contributed by atoms with Crippen LogP contribution in [0.15, 0.2) is 0 Å². The third kappa shape index (κ3) is 4.52. The fourth-order valence-corrected chi connectivity index (χ4v) is 2.29. The molecule has 0 aromatic carbocycles. The second-order valence-electron chi connectivity index (χ2n) is 5.36. The molecule has 15 heavy (non-hydrogen) atoms. The molecule has 0 bridgehead atoms. The summed E-state index contributed by atoms with van der Waals surface area (Å²) in [5, 5.41) is 3.63. The van der Waals surface area contributed by atoms with Crippen LogP contribution < -0.4 is 5.32 Å². The molecule has 0 spiro atoms. The smallest absolute Gasteiger partial charge is 0.00670 e. The first kappa shape index (κ1) is 13.0. The van der Waals surface area contributed by atoms with Crippen LogP contribution >= 0.6 is 0 Å². The standard InChI is InChI=1S/C13H28N2/c1-11(2)15(12(3)4)10-6-9-14-13-7-5-8-13/h11-14H,5-10H2,1-4H3. The van der Waals surface area contributed by atoms with Crippen LogP contribution in [0.4, 0.5) is 0 Å². The molecule has 1 fully saturated rings. The van der Waals surface area contributed by atoms with E-state index in [0.717, 1.165) is 6.04 Å².